The molecule has 1 N–H and O–H groups in total. The lowest BCUT2D eigenvalue weighted by atomic mass is 10.1. The molecule has 0 aliphatic carbocycles. The van der Waals surface area contributed by atoms with Gasteiger partial charge in [0.15, 0.2) is 0 Å². The van der Waals surface area contributed by atoms with E-state index in [0.717, 1.165) is 38.3 Å². The third-order valence-corrected chi connectivity index (χ3v) is 4.78. The number of likely N-dealkylation sites (tertiary alicyclic amines) is 1. The van der Waals surface area contributed by atoms with E-state index in [9.17, 15) is 9.59 Å². The standard InChI is InChI=1S/C18H25N3O3/c1-14(22)21-7-6-15(13-21)12-19-18(23)16-4-2-3-5-17(16)20-8-10-24-11-9-20/h2-5,15H,6-13H2,1H3,(H,19,23). The maximum absolute atomic E-state index is 12.6. The number of hydrogen-bond acceptors (Lipinski definition) is 4. The molecule has 24 heavy (non-hydrogen) atoms. The summed E-state index contributed by atoms with van der Waals surface area (Å²) in [7, 11) is 0. The zero-order valence-electron chi connectivity index (χ0n) is 14.2. The summed E-state index contributed by atoms with van der Waals surface area (Å²) in [5, 5.41) is 3.05. The van der Waals surface area contributed by atoms with Crippen LogP contribution in [0.2, 0.25) is 0 Å². The van der Waals surface area contributed by atoms with Crippen LogP contribution >= 0.6 is 0 Å². The first kappa shape index (κ1) is 16.8. The van der Waals surface area contributed by atoms with E-state index in [4.69, 9.17) is 4.74 Å². The van der Waals surface area contributed by atoms with Crippen molar-refractivity contribution in [1.82, 2.24) is 10.2 Å². The molecule has 3 rings (SSSR count). The lowest BCUT2D eigenvalue weighted by Gasteiger charge is -2.30. The zero-order chi connectivity index (χ0) is 16.9. The summed E-state index contributed by atoms with van der Waals surface area (Å²) in [6.45, 7) is 6.74. The molecule has 2 heterocycles. The maximum atomic E-state index is 12.6. The average Bonchev–Trinajstić information content (AvgIpc) is 3.10. The second-order valence-corrected chi connectivity index (χ2v) is 6.45. The normalized spacial score (nSPS) is 21.0. The second kappa shape index (κ2) is 7.66. The monoisotopic (exact) mass is 331 g/mol. The lowest BCUT2D eigenvalue weighted by molar-refractivity contribution is -0.127. The second-order valence-electron chi connectivity index (χ2n) is 6.45. The quantitative estimate of drug-likeness (QED) is 0.898. The summed E-state index contributed by atoms with van der Waals surface area (Å²) in [6, 6.07) is 7.72. The number of nitrogens with one attached hydrogen (secondary N) is 1. The van der Waals surface area contributed by atoms with Gasteiger partial charge in [0, 0.05) is 45.3 Å². The van der Waals surface area contributed by atoms with E-state index in [1.165, 1.54) is 0 Å². The van der Waals surface area contributed by atoms with Gasteiger partial charge in [-0.1, -0.05) is 12.1 Å². The highest BCUT2D eigenvalue weighted by atomic mass is 16.5. The number of carbonyl (C=O) groups is 2. The van der Waals surface area contributed by atoms with Gasteiger partial charge in [-0.3, -0.25) is 9.59 Å². The average molecular weight is 331 g/mol. The molecule has 2 aliphatic heterocycles. The van der Waals surface area contributed by atoms with Crippen LogP contribution in [-0.4, -0.2) is 62.7 Å². The Labute approximate surface area is 142 Å². The number of amides is 2. The van der Waals surface area contributed by atoms with Gasteiger partial charge in [0.1, 0.15) is 0 Å². The molecular weight excluding hydrogens is 306 g/mol. The molecule has 6 heteroatoms. The number of carbonyl (C=O) groups excluding carboxylic acids is 2. The van der Waals surface area contributed by atoms with Crippen LogP contribution in [0.4, 0.5) is 5.69 Å². The maximum Gasteiger partial charge on any atom is 0.253 e. The van der Waals surface area contributed by atoms with E-state index < -0.39 is 0 Å². The Bertz CT molecular complexity index is 599. The van der Waals surface area contributed by atoms with Crippen molar-refractivity contribution in [2.45, 2.75) is 13.3 Å². The Morgan fingerprint density at radius 3 is 2.67 bits per heavy atom. The predicted octanol–water partition coefficient (Wildman–Crippen LogP) is 1.12. The van der Waals surface area contributed by atoms with Crippen LogP contribution in [0.25, 0.3) is 0 Å². The smallest absolute Gasteiger partial charge is 0.253 e. The van der Waals surface area contributed by atoms with Crippen molar-refractivity contribution in [1.29, 1.82) is 0 Å². The molecule has 0 bridgehead atoms. The Kier molecular flexibility index (Phi) is 5.35. The third kappa shape index (κ3) is 3.87. The fourth-order valence-corrected chi connectivity index (χ4v) is 3.36. The predicted molar refractivity (Wildman–Crippen MR) is 92.2 cm³/mol. The van der Waals surface area contributed by atoms with Crippen LogP contribution in [0.15, 0.2) is 24.3 Å². The Balaban J connectivity index is 1.60. The number of ether oxygens (including phenoxy) is 1. The number of para-hydroxylation sites is 1. The van der Waals surface area contributed by atoms with Gasteiger partial charge in [0.05, 0.1) is 18.8 Å². The minimum atomic E-state index is -0.0432. The van der Waals surface area contributed by atoms with E-state index in [2.05, 4.69) is 10.2 Å². The molecule has 0 spiro atoms. The SMILES string of the molecule is CC(=O)N1CCC(CNC(=O)c2ccccc2N2CCOCC2)C1. The molecule has 0 radical (unpaired) electrons. The van der Waals surface area contributed by atoms with Gasteiger partial charge in [0.25, 0.3) is 5.91 Å². The highest BCUT2D eigenvalue weighted by Crippen LogP contribution is 2.22. The van der Waals surface area contributed by atoms with Gasteiger partial charge in [0.2, 0.25) is 5.91 Å². The molecule has 6 nitrogen and oxygen atoms in total. The molecule has 1 aromatic rings. The van der Waals surface area contributed by atoms with Crippen LogP contribution in [0.1, 0.15) is 23.7 Å². The van der Waals surface area contributed by atoms with E-state index in [1.807, 2.05) is 29.2 Å². The first-order valence-electron chi connectivity index (χ1n) is 8.60. The van der Waals surface area contributed by atoms with Gasteiger partial charge in [-0.15, -0.1) is 0 Å². The van der Waals surface area contributed by atoms with E-state index >= 15 is 0 Å². The zero-order valence-corrected chi connectivity index (χ0v) is 14.2. The third-order valence-electron chi connectivity index (χ3n) is 4.78. The summed E-state index contributed by atoms with van der Waals surface area (Å²) in [4.78, 5) is 28.1. The largest absolute Gasteiger partial charge is 0.378 e. The number of hydrogen-bond donors (Lipinski definition) is 1. The molecule has 0 saturated carbocycles. The van der Waals surface area contributed by atoms with Crippen LogP contribution < -0.4 is 10.2 Å². The summed E-state index contributed by atoms with van der Waals surface area (Å²) in [5.74, 6) is 0.410. The fraction of sp³-hybridized carbons (Fsp3) is 0.556. The van der Waals surface area contributed by atoms with Crippen molar-refractivity contribution >= 4 is 17.5 Å². The Morgan fingerprint density at radius 2 is 1.96 bits per heavy atom. The van der Waals surface area contributed by atoms with Gasteiger partial charge < -0.3 is 19.9 Å². The summed E-state index contributed by atoms with van der Waals surface area (Å²) in [6.07, 6.45) is 0.949. The number of rotatable bonds is 4. The number of anilines is 1. The van der Waals surface area contributed by atoms with E-state index in [-0.39, 0.29) is 11.8 Å². The van der Waals surface area contributed by atoms with Crippen molar-refractivity contribution in [3.8, 4) is 0 Å². The highest BCUT2D eigenvalue weighted by Gasteiger charge is 2.25. The van der Waals surface area contributed by atoms with Gasteiger partial charge >= 0.3 is 0 Å². The number of benzene rings is 1. The molecule has 1 aromatic carbocycles. The van der Waals surface area contributed by atoms with Gasteiger partial charge in [-0.2, -0.15) is 0 Å². The first-order valence-corrected chi connectivity index (χ1v) is 8.60. The summed E-state index contributed by atoms with van der Waals surface area (Å²) < 4.78 is 5.39. The number of nitrogens with zero attached hydrogens (tertiary/aromatic N) is 2. The van der Waals surface area contributed by atoms with Gasteiger partial charge in [-0.05, 0) is 24.5 Å². The van der Waals surface area contributed by atoms with Crippen LogP contribution in [0, 0.1) is 5.92 Å². The molecule has 130 valence electrons. The minimum absolute atomic E-state index is 0.0432. The molecule has 1 unspecified atom stereocenters. The van der Waals surface area contributed by atoms with E-state index in [0.29, 0.717) is 31.2 Å². The molecule has 0 aromatic heterocycles. The minimum Gasteiger partial charge on any atom is -0.378 e. The lowest BCUT2D eigenvalue weighted by Crippen LogP contribution is -2.38. The Hall–Kier alpha value is -2.08. The van der Waals surface area contributed by atoms with E-state index in [1.54, 1.807) is 6.92 Å². The van der Waals surface area contributed by atoms with Gasteiger partial charge in [-0.25, -0.2) is 0 Å². The van der Waals surface area contributed by atoms with Crippen molar-refractivity contribution in [3.63, 3.8) is 0 Å². The molecule has 2 aliphatic rings. The van der Waals surface area contributed by atoms with Crippen LogP contribution in [-0.2, 0) is 9.53 Å². The molecular formula is C18H25N3O3. The first-order chi connectivity index (χ1) is 11.6. The Morgan fingerprint density at radius 1 is 1.21 bits per heavy atom. The summed E-state index contributed by atoms with van der Waals surface area (Å²) in [5.41, 5.74) is 1.68. The van der Waals surface area contributed by atoms with Crippen molar-refractivity contribution < 1.29 is 14.3 Å². The van der Waals surface area contributed by atoms with Crippen molar-refractivity contribution in [3.05, 3.63) is 29.8 Å². The van der Waals surface area contributed by atoms with Crippen molar-refractivity contribution in [2.24, 2.45) is 5.92 Å². The van der Waals surface area contributed by atoms with Crippen LogP contribution in [0.5, 0.6) is 0 Å². The number of morpholine rings is 1. The van der Waals surface area contributed by atoms with Crippen molar-refractivity contribution in [2.75, 3.05) is 50.8 Å². The molecule has 2 amide bonds. The molecule has 2 saturated heterocycles. The van der Waals surface area contributed by atoms with Crippen LogP contribution in [0.3, 0.4) is 0 Å². The summed E-state index contributed by atoms with van der Waals surface area (Å²) >= 11 is 0. The fourth-order valence-electron chi connectivity index (χ4n) is 3.36. The molecule has 2 fully saturated rings. The topological polar surface area (TPSA) is 61.9 Å². The molecule has 1 atom stereocenters. The highest BCUT2D eigenvalue weighted by molar-refractivity contribution is 5.99.